The lowest BCUT2D eigenvalue weighted by atomic mass is 9.88. The summed E-state index contributed by atoms with van der Waals surface area (Å²) in [6, 6.07) is 25.0. The number of halogens is 2. The average molecular weight is 413 g/mol. The Morgan fingerprint density at radius 1 is 0.821 bits per heavy atom. The van der Waals surface area contributed by atoms with Crippen LogP contribution in [-0.4, -0.2) is 5.97 Å². The van der Waals surface area contributed by atoms with Crippen LogP contribution in [0.5, 0.6) is 0 Å². The molecule has 0 fully saturated rings. The van der Waals surface area contributed by atoms with Gasteiger partial charge >= 0.3 is 5.97 Å². The van der Waals surface area contributed by atoms with Gasteiger partial charge in [-0.05, 0) is 40.8 Å². The van der Waals surface area contributed by atoms with Crippen LogP contribution in [0.25, 0.3) is 11.1 Å². The number of benzene rings is 3. The van der Waals surface area contributed by atoms with Gasteiger partial charge in [0, 0.05) is 10.6 Å². The van der Waals surface area contributed by atoms with E-state index in [0.717, 1.165) is 22.3 Å². The van der Waals surface area contributed by atoms with Crippen LogP contribution in [0.3, 0.4) is 0 Å². The standard InChI is InChI=1S/C24H22Cl2O2/c1-16(2)22(18-11-13-21(25)14-12-18)24(27)28-23(26)20-10-6-9-19(15-20)17-7-4-3-5-8-17/h3-16,22-23H,1-2H3/t22-,23-/m1/s1. The van der Waals surface area contributed by atoms with Crippen molar-refractivity contribution in [1.82, 2.24) is 0 Å². The van der Waals surface area contributed by atoms with Crippen LogP contribution in [-0.2, 0) is 9.53 Å². The zero-order chi connectivity index (χ0) is 20.1. The number of carbonyl (C=O) groups excluding carboxylic acids is 1. The van der Waals surface area contributed by atoms with Crippen molar-refractivity contribution in [2.45, 2.75) is 25.3 Å². The first-order valence-electron chi connectivity index (χ1n) is 9.21. The Bertz CT molecular complexity index is 921. The molecule has 2 atom stereocenters. The van der Waals surface area contributed by atoms with Crippen LogP contribution >= 0.6 is 23.2 Å². The fraction of sp³-hybridized carbons (Fsp3) is 0.208. The van der Waals surface area contributed by atoms with E-state index >= 15 is 0 Å². The molecule has 3 aromatic rings. The maximum atomic E-state index is 12.9. The fourth-order valence-corrected chi connectivity index (χ4v) is 3.55. The van der Waals surface area contributed by atoms with Crippen molar-refractivity contribution in [3.8, 4) is 11.1 Å². The molecule has 0 bridgehead atoms. The van der Waals surface area contributed by atoms with E-state index in [4.69, 9.17) is 27.9 Å². The molecular weight excluding hydrogens is 391 g/mol. The lowest BCUT2D eigenvalue weighted by Gasteiger charge is -2.22. The summed E-state index contributed by atoms with van der Waals surface area (Å²) in [4.78, 5) is 12.9. The summed E-state index contributed by atoms with van der Waals surface area (Å²) in [5, 5.41) is 0.632. The third-order valence-corrected chi connectivity index (χ3v) is 5.22. The predicted molar refractivity (Wildman–Crippen MR) is 116 cm³/mol. The van der Waals surface area contributed by atoms with E-state index < -0.39 is 11.5 Å². The van der Waals surface area contributed by atoms with Crippen LogP contribution in [0.15, 0.2) is 78.9 Å². The number of ether oxygens (including phenoxy) is 1. The van der Waals surface area contributed by atoms with Crippen LogP contribution in [0.1, 0.15) is 36.5 Å². The van der Waals surface area contributed by atoms with E-state index in [2.05, 4.69) is 0 Å². The fourth-order valence-electron chi connectivity index (χ4n) is 3.20. The summed E-state index contributed by atoms with van der Waals surface area (Å²) in [6.07, 6.45) is 0. The number of carbonyl (C=O) groups is 1. The van der Waals surface area contributed by atoms with Gasteiger partial charge in [0.25, 0.3) is 0 Å². The molecule has 0 saturated carbocycles. The predicted octanol–water partition coefficient (Wildman–Crippen LogP) is 7.23. The molecule has 0 saturated heterocycles. The second kappa shape index (κ2) is 9.27. The van der Waals surface area contributed by atoms with Gasteiger partial charge in [0.15, 0.2) is 0 Å². The molecule has 3 aromatic carbocycles. The SMILES string of the molecule is CC(C)[C@@H](C(=O)O[C@@H](Cl)c1cccc(-c2ccccc2)c1)c1ccc(Cl)cc1. The molecule has 0 spiro atoms. The van der Waals surface area contributed by atoms with Crippen molar-refractivity contribution in [3.05, 3.63) is 95.0 Å². The van der Waals surface area contributed by atoms with Crippen LogP contribution in [0.4, 0.5) is 0 Å². The Hall–Kier alpha value is -2.29. The van der Waals surface area contributed by atoms with E-state index in [9.17, 15) is 4.79 Å². The first-order chi connectivity index (χ1) is 13.5. The largest absolute Gasteiger partial charge is 0.441 e. The topological polar surface area (TPSA) is 26.3 Å². The van der Waals surface area contributed by atoms with Gasteiger partial charge < -0.3 is 4.74 Å². The molecule has 0 heterocycles. The van der Waals surface area contributed by atoms with Crippen molar-refractivity contribution >= 4 is 29.2 Å². The first kappa shape index (κ1) is 20.4. The number of hydrogen-bond donors (Lipinski definition) is 0. The van der Waals surface area contributed by atoms with Crippen LogP contribution in [0.2, 0.25) is 5.02 Å². The molecule has 0 aliphatic heterocycles. The molecule has 0 aliphatic carbocycles. The van der Waals surface area contributed by atoms with Crippen molar-refractivity contribution in [2.24, 2.45) is 5.92 Å². The van der Waals surface area contributed by atoms with Gasteiger partial charge in [-0.3, -0.25) is 4.79 Å². The molecule has 28 heavy (non-hydrogen) atoms. The lowest BCUT2D eigenvalue weighted by Crippen LogP contribution is -2.21. The normalized spacial score (nSPS) is 13.2. The molecule has 0 amide bonds. The van der Waals surface area contributed by atoms with Gasteiger partial charge in [-0.25, -0.2) is 0 Å². The smallest absolute Gasteiger partial charge is 0.315 e. The maximum Gasteiger partial charge on any atom is 0.315 e. The minimum atomic E-state index is -0.857. The minimum absolute atomic E-state index is 0.0631. The molecule has 0 N–H and O–H groups in total. The van der Waals surface area contributed by atoms with Crippen molar-refractivity contribution in [2.75, 3.05) is 0 Å². The van der Waals surface area contributed by atoms with Crippen LogP contribution in [0, 0.1) is 5.92 Å². The Morgan fingerprint density at radius 2 is 1.46 bits per heavy atom. The highest BCUT2D eigenvalue weighted by molar-refractivity contribution is 6.30. The summed E-state index contributed by atoms with van der Waals surface area (Å²) in [7, 11) is 0. The van der Waals surface area contributed by atoms with Crippen molar-refractivity contribution in [3.63, 3.8) is 0 Å². The quantitative estimate of drug-likeness (QED) is 0.315. The molecule has 144 valence electrons. The zero-order valence-electron chi connectivity index (χ0n) is 15.8. The van der Waals surface area contributed by atoms with E-state index in [1.165, 1.54) is 0 Å². The molecular formula is C24H22Cl2O2. The van der Waals surface area contributed by atoms with Crippen molar-refractivity contribution < 1.29 is 9.53 Å². The monoisotopic (exact) mass is 412 g/mol. The summed E-state index contributed by atoms with van der Waals surface area (Å²) < 4.78 is 5.63. The number of alkyl halides is 1. The number of esters is 1. The van der Waals surface area contributed by atoms with Crippen molar-refractivity contribution in [1.29, 1.82) is 0 Å². The Labute approximate surface area is 176 Å². The highest BCUT2D eigenvalue weighted by atomic mass is 35.5. The Morgan fingerprint density at radius 3 is 2.11 bits per heavy atom. The highest BCUT2D eigenvalue weighted by Crippen LogP contribution is 2.32. The molecule has 0 aliphatic rings. The summed E-state index contributed by atoms with van der Waals surface area (Å²) >= 11 is 12.4. The lowest BCUT2D eigenvalue weighted by molar-refractivity contribution is -0.148. The second-order valence-electron chi connectivity index (χ2n) is 7.02. The van der Waals surface area contributed by atoms with Gasteiger partial charge in [-0.15, -0.1) is 0 Å². The van der Waals surface area contributed by atoms with Gasteiger partial charge in [0.05, 0.1) is 5.92 Å². The molecule has 0 unspecified atom stereocenters. The summed E-state index contributed by atoms with van der Waals surface area (Å²) in [5.41, 5.74) is 2.87. The molecule has 0 radical (unpaired) electrons. The molecule has 3 rings (SSSR count). The third-order valence-electron chi connectivity index (χ3n) is 4.63. The van der Waals surface area contributed by atoms with E-state index in [1.807, 2.05) is 80.6 Å². The number of rotatable bonds is 6. The Balaban J connectivity index is 1.78. The third kappa shape index (κ3) is 4.95. The molecule has 0 aromatic heterocycles. The number of hydrogen-bond acceptors (Lipinski definition) is 2. The van der Waals surface area contributed by atoms with E-state index in [-0.39, 0.29) is 11.9 Å². The first-order valence-corrected chi connectivity index (χ1v) is 10.0. The van der Waals surface area contributed by atoms with Gasteiger partial charge in [-0.1, -0.05) is 97.7 Å². The van der Waals surface area contributed by atoms with Crippen LogP contribution < -0.4 is 0 Å². The highest BCUT2D eigenvalue weighted by Gasteiger charge is 2.28. The van der Waals surface area contributed by atoms with Gasteiger partial charge in [-0.2, -0.15) is 0 Å². The zero-order valence-corrected chi connectivity index (χ0v) is 17.3. The maximum absolute atomic E-state index is 12.9. The Kier molecular flexibility index (Phi) is 6.77. The van der Waals surface area contributed by atoms with E-state index in [1.54, 1.807) is 12.1 Å². The van der Waals surface area contributed by atoms with E-state index in [0.29, 0.717) is 5.02 Å². The second-order valence-corrected chi connectivity index (χ2v) is 7.85. The average Bonchev–Trinajstić information content (AvgIpc) is 2.70. The van der Waals surface area contributed by atoms with Gasteiger partial charge in [0.2, 0.25) is 5.56 Å². The molecule has 2 nitrogen and oxygen atoms in total. The summed E-state index contributed by atoms with van der Waals surface area (Å²) in [6.45, 7) is 3.97. The minimum Gasteiger partial charge on any atom is -0.441 e. The molecule has 4 heteroatoms. The summed E-state index contributed by atoms with van der Waals surface area (Å²) in [5.74, 6) is -0.688. The van der Waals surface area contributed by atoms with Gasteiger partial charge in [0.1, 0.15) is 0 Å².